The van der Waals surface area contributed by atoms with Gasteiger partial charge in [0.1, 0.15) is 5.15 Å². The van der Waals surface area contributed by atoms with Gasteiger partial charge in [-0.3, -0.25) is 4.68 Å². The Kier molecular flexibility index (Phi) is 5.10. The molecule has 0 spiro atoms. The number of halogens is 1. The molecule has 0 amide bonds. The van der Waals surface area contributed by atoms with Crippen LogP contribution < -0.4 is 5.32 Å². The average Bonchev–Trinajstić information content (AvgIpc) is 3.00. The molecule has 1 unspecified atom stereocenters. The van der Waals surface area contributed by atoms with Gasteiger partial charge in [0.25, 0.3) is 0 Å². The number of hydrogen-bond donors (Lipinski definition) is 1. The number of ether oxygens (including phenoxy) is 1. The number of nitrogens with one attached hydrogen (secondary N) is 1. The van der Waals surface area contributed by atoms with E-state index in [-0.39, 0.29) is 5.60 Å². The predicted octanol–water partition coefficient (Wildman–Crippen LogP) is 2.86. The molecule has 1 N–H and O–H groups in total. The number of methoxy groups -OCH3 is 1. The molecule has 1 atom stereocenters. The maximum Gasteiger partial charge on any atom is 0.130 e. The first-order valence-corrected chi connectivity index (χ1v) is 7.88. The summed E-state index contributed by atoms with van der Waals surface area (Å²) in [4.78, 5) is 0. The van der Waals surface area contributed by atoms with Gasteiger partial charge in [-0.2, -0.15) is 5.10 Å². The van der Waals surface area contributed by atoms with Crippen molar-refractivity contribution in [2.24, 2.45) is 7.05 Å². The Balaban J connectivity index is 2.25. The van der Waals surface area contributed by atoms with Gasteiger partial charge in [0.05, 0.1) is 11.3 Å². The van der Waals surface area contributed by atoms with Crippen LogP contribution >= 0.6 is 11.6 Å². The van der Waals surface area contributed by atoms with Crippen molar-refractivity contribution in [1.82, 2.24) is 15.1 Å². The van der Waals surface area contributed by atoms with Gasteiger partial charge in [-0.15, -0.1) is 0 Å². The fourth-order valence-corrected chi connectivity index (χ4v) is 3.72. The van der Waals surface area contributed by atoms with Crippen molar-refractivity contribution in [3.8, 4) is 0 Å². The van der Waals surface area contributed by atoms with Gasteiger partial charge in [0, 0.05) is 25.8 Å². The minimum atomic E-state index is -0.0539. The normalized spacial score (nSPS) is 19.4. The molecule has 1 aliphatic carbocycles. The van der Waals surface area contributed by atoms with Crippen molar-refractivity contribution in [3.05, 3.63) is 16.4 Å². The van der Waals surface area contributed by atoms with Crippen molar-refractivity contribution in [3.63, 3.8) is 0 Å². The van der Waals surface area contributed by atoms with E-state index >= 15 is 0 Å². The summed E-state index contributed by atoms with van der Waals surface area (Å²) in [6, 6.07) is 0.292. The van der Waals surface area contributed by atoms with Crippen LogP contribution in [0.1, 0.15) is 43.9 Å². The summed E-state index contributed by atoms with van der Waals surface area (Å²) < 4.78 is 7.69. The Hall–Kier alpha value is -0.580. The van der Waals surface area contributed by atoms with E-state index in [4.69, 9.17) is 16.3 Å². The van der Waals surface area contributed by atoms with E-state index < -0.39 is 0 Å². The Morgan fingerprint density at radius 3 is 2.55 bits per heavy atom. The molecule has 0 bridgehead atoms. The molecule has 4 nitrogen and oxygen atoms in total. The Labute approximate surface area is 126 Å². The summed E-state index contributed by atoms with van der Waals surface area (Å²) in [7, 11) is 3.73. The molecule has 1 saturated carbocycles. The fraction of sp³-hybridized carbons (Fsp3) is 0.800. The topological polar surface area (TPSA) is 39.1 Å². The van der Waals surface area contributed by atoms with Gasteiger partial charge in [0.15, 0.2) is 0 Å². The van der Waals surface area contributed by atoms with Crippen molar-refractivity contribution < 1.29 is 4.74 Å². The van der Waals surface area contributed by atoms with E-state index in [1.807, 2.05) is 21.1 Å². The lowest BCUT2D eigenvalue weighted by atomic mass is 9.87. The lowest BCUT2D eigenvalue weighted by molar-refractivity contribution is -0.0351. The van der Waals surface area contributed by atoms with Crippen molar-refractivity contribution in [1.29, 1.82) is 0 Å². The van der Waals surface area contributed by atoms with Crippen LogP contribution in [0.3, 0.4) is 0 Å². The number of aryl methyl sites for hydroxylation is 2. The quantitative estimate of drug-likeness (QED) is 0.878. The molecule has 1 heterocycles. The maximum atomic E-state index is 6.39. The summed E-state index contributed by atoms with van der Waals surface area (Å²) >= 11 is 6.39. The predicted molar refractivity (Wildman–Crippen MR) is 82.3 cm³/mol. The van der Waals surface area contributed by atoms with Gasteiger partial charge in [-0.1, -0.05) is 31.4 Å². The number of likely N-dealkylation sites (N-methyl/N-ethyl adjacent to an activating group) is 1. The molecule has 0 aromatic carbocycles. The van der Waals surface area contributed by atoms with Gasteiger partial charge >= 0.3 is 0 Å². The molecular formula is C15H26ClN3O. The van der Waals surface area contributed by atoms with E-state index in [1.54, 1.807) is 4.68 Å². The first kappa shape index (κ1) is 15.8. The highest BCUT2D eigenvalue weighted by molar-refractivity contribution is 6.30. The van der Waals surface area contributed by atoms with Gasteiger partial charge < -0.3 is 10.1 Å². The summed E-state index contributed by atoms with van der Waals surface area (Å²) in [5.74, 6) is 0. The standard InChI is InChI=1S/C15H26ClN3O/c1-5-17-13(15(20-4)8-6-7-9-15)10-12-11(2)18-19(3)14(12)16/h13,17H,5-10H2,1-4H3. The molecule has 114 valence electrons. The molecule has 2 rings (SSSR count). The van der Waals surface area contributed by atoms with E-state index in [0.717, 1.165) is 42.2 Å². The van der Waals surface area contributed by atoms with Crippen LogP contribution in [0.2, 0.25) is 5.15 Å². The van der Waals surface area contributed by atoms with E-state index in [1.165, 1.54) is 12.8 Å². The third-order valence-electron chi connectivity index (χ3n) is 4.62. The van der Waals surface area contributed by atoms with E-state index in [2.05, 4.69) is 17.3 Å². The van der Waals surface area contributed by atoms with Crippen LogP contribution in [0.5, 0.6) is 0 Å². The largest absolute Gasteiger partial charge is 0.377 e. The average molecular weight is 300 g/mol. The van der Waals surface area contributed by atoms with Crippen LogP contribution in [-0.4, -0.2) is 35.1 Å². The molecule has 1 aromatic heterocycles. The zero-order chi connectivity index (χ0) is 14.8. The van der Waals surface area contributed by atoms with E-state index in [0.29, 0.717) is 6.04 Å². The van der Waals surface area contributed by atoms with E-state index in [9.17, 15) is 0 Å². The second-order valence-corrected chi connectivity index (χ2v) is 6.13. The second kappa shape index (κ2) is 6.46. The summed E-state index contributed by atoms with van der Waals surface area (Å²) in [5, 5.41) is 8.77. The van der Waals surface area contributed by atoms with Crippen LogP contribution in [-0.2, 0) is 18.2 Å². The van der Waals surface area contributed by atoms with Crippen molar-refractivity contribution >= 4 is 11.6 Å². The number of nitrogens with zero attached hydrogens (tertiary/aromatic N) is 2. The maximum absolute atomic E-state index is 6.39. The van der Waals surface area contributed by atoms with Crippen LogP contribution in [0, 0.1) is 6.92 Å². The summed E-state index contributed by atoms with van der Waals surface area (Å²) in [6.45, 7) is 5.11. The number of hydrogen-bond acceptors (Lipinski definition) is 3. The van der Waals surface area contributed by atoms with Crippen molar-refractivity contribution in [2.75, 3.05) is 13.7 Å². The van der Waals surface area contributed by atoms with Gasteiger partial charge in [0.2, 0.25) is 0 Å². The third kappa shape index (κ3) is 2.87. The van der Waals surface area contributed by atoms with Gasteiger partial charge in [-0.25, -0.2) is 0 Å². The molecule has 5 heteroatoms. The first-order valence-electron chi connectivity index (χ1n) is 7.50. The smallest absolute Gasteiger partial charge is 0.130 e. The highest BCUT2D eigenvalue weighted by atomic mass is 35.5. The third-order valence-corrected chi connectivity index (χ3v) is 5.09. The lowest BCUT2D eigenvalue weighted by Crippen LogP contribution is -2.51. The SMILES string of the molecule is CCNC(Cc1c(C)nn(C)c1Cl)C1(OC)CCCC1. The summed E-state index contributed by atoms with van der Waals surface area (Å²) in [5.41, 5.74) is 2.11. The van der Waals surface area contributed by atoms with Gasteiger partial charge in [-0.05, 0) is 32.7 Å². The van der Waals surface area contributed by atoms with Crippen LogP contribution in [0.25, 0.3) is 0 Å². The molecule has 1 aliphatic rings. The molecule has 20 heavy (non-hydrogen) atoms. The van der Waals surface area contributed by atoms with Crippen LogP contribution in [0.4, 0.5) is 0 Å². The number of aromatic nitrogens is 2. The monoisotopic (exact) mass is 299 g/mol. The highest BCUT2D eigenvalue weighted by Crippen LogP contribution is 2.37. The molecule has 0 saturated heterocycles. The minimum Gasteiger partial charge on any atom is -0.377 e. The Morgan fingerprint density at radius 2 is 2.10 bits per heavy atom. The Morgan fingerprint density at radius 1 is 1.45 bits per heavy atom. The van der Waals surface area contributed by atoms with Crippen LogP contribution in [0.15, 0.2) is 0 Å². The molecule has 0 aliphatic heterocycles. The minimum absolute atomic E-state index is 0.0539. The first-order chi connectivity index (χ1) is 9.54. The molecular weight excluding hydrogens is 274 g/mol. The fourth-order valence-electron chi connectivity index (χ4n) is 3.47. The lowest BCUT2D eigenvalue weighted by Gasteiger charge is -2.37. The molecule has 1 aromatic rings. The molecule has 1 fully saturated rings. The second-order valence-electron chi connectivity index (χ2n) is 5.77. The number of rotatable bonds is 6. The molecule has 0 radical (unpaired) electrons. The summed E-state index contributed by atoms with van der Waals surface area (Å²) in [6.07, 6.45) is 5.61. The zero-order valence-corrected chi connectivity index (χ0v) is 13.8. The highest BCUT2D eigenvalue weighted by Gasteiger charge is 2.41. The van der Waals surface area contributed by atoms with Crippen molar-refractivity contribution in [2.45, 2.75) is 57.6 Å². The Bertz CT molecular complexity index is 452. The zero-order valence-electron chi connectivity index (χ0n) is 13.0.